The third-order valence-corrected chi connectivity index (χ3v) is 3.00. The molecule has 0 unspecified atom stereocenters. The fourth-order valence-corrected chi connectivity index (χ4v) is 2.05. The lowest BCUT2D eigenvalue weighted by Gasteiger charge is -1.98. The zero-order chi connectivity index (χ0) is 11.5. The maximum atomic E-state index is 10.1. The van der Waals surface area contributed by atoms with Gasteiger partial charge in [-0.25, -0.2) is 0 Å². The molecule has 84 valence electrons. The van der Waals surface area contributed by atoms with Crippen molar-refractivity contribution >= 4 is 29.0 Å². The molecule has 0 radical (unpaired) electrons. The Labute approximate surface area is 98.4 Å². The minimum atomic E-state index is 0.384. The summed E-state index contributed by atoms with van der Waals surface area (Å²) in [5.74, 6) is 0. The summed E-state index contributed by atoms with van der Waals surface area (Å²) in [5.41, 5.74) is 3.17. The fraction of sp³-hybridized carbons (Fsp3) is 0.250. The van der Waals surface area contributed by atoms with Crippen molar-refractivity contribution in [2.75, 3.05) is 6.61 Å². The number of ether oxygens (including phenoxy) is 1. The Morgan fingerprint density at radius 1 is 1.50 bits per heavy atom. The molecule has 0 aliphatic carbocycles. The summed E-state index contributed by atoms with van der Waals surface area (Å²) in [6, 6.07) is 5.81. The molecule has 2 aromatic rings. The van der Waals surface area contributed by atoms with Crippen LogP contribution in [-0.4, -0.2) is 18.1 Å². The van der Waals surface area contributed by atoms with Crippen molar-refractivity contribution in [3.05, 3.63) is 34.5 Å². The van der Waals surface area contributed by atoms with Crippen LogP contribution in [0.2, 0.25) is 5.02 Å². The van der Waals surface area contributed by atoms with E-state index in [1.807, 2.05) is 25.1 Å². The van der Waals surface area contributed by atoms with E-state index < -0.39 is 0 Å². The van der Waals surface area contributed by atoms with Crippen LogP contribution in [0.5, 0.6) is 0 Å². The lowest BCUT2D eigenvalue weighted by molar-refractivity contribution is -0.128. The zero-order valence-corrected chi connectivity index (χ0v) is 9.67. The van der Waals surface area contributed by atoms with E-state index >= 15 is 0 Å². The van der Waals surface area contributed by atoms with Gasteiger partial charge in [0.2, 0.25) is 0 Å². The van der Waals surface area contributed by atoms with Crippen LogP contribution in [0.15, 0.2) is 18.2 Å². The number of benzene rings is 1. The molecule has 1 aromatic heterocycles. The van der Waals surface area contributed by atoms with E-state index in [1.165, 1.54) is 0 Å². The Hall–Kier alpha value is -1.48. The summed E-state index contributed by atoms with van der Waals surface area (Å²) >= 11 is 6.08. The molecule has 0 atom stereocenters. The Balaban J connectivity index is 2.36. The van der Waals surface area contributed by atoms with Crippen LogP contribution < -0.4 is 0 Å². The summed E-state index contributed by atoms with van der Waals surface area (Å²) in [7, 11) is 0. The molecule has 0 fully saturated rings. The van der Waals surface area contributed by atoms with Crippen LogP contribution in [0.25, 0.3) is 10.9 Å². The first-order chi connectivity index (χ1) is 7.74. The molecule has 1 N–H and O–H groups in total. The molecule has 0 bridgehead atoms. The van der Waals surface area contributed by atoms with Crippen molar-refractivity contribution in [1.82, 2.24) is 4.98 Å². The third-order valence-electron chi connectivity index (χ3n) is 2.68. The number of hydrogen-bond acceptors (Lipinski definition) is 2. The molecule has 0 aliphatic heterocycles. The highest BCUT2D eigenvalue weighted by molar-refractivity contribution is 6.35. The van der Waals surface area contributed by atoms with Crippen molar-refractivity contribution in [1.29, 1.82) is 0 Å². The van der Waals surface area contributed by atoms with Gasteiger partial charge in [-0.05, 0) is 18.6 Å². The standard InChI is InChI=1S/C12H12ClNO2/c1-8-9-3-2-4-10(13)12(9)14-11(8)5-6-16-7-15/h2-4,7,14H,5-6H2,1H3. The Morgan fingerprint density at radius 2 is 2.31 bits per heavy atom. The van der Waals surface area contributed by atoms with Gasteiger partial charge in [0, 0.05) is 17.5 Å². The van der Waals surface area contributed by atoms with Crippen LogP contribution >= 0.6 is 11.6 Å². The molecule has 0 amide bonds. The van der Waals surface area contributed by atoms with Gasteiger partial charge in [-0.15, -0.1) is 0 Å². The number of halogens is 1. The number of aromatic amines is 1. The summed E-state index contributed by atoms with van der Waals surface area (Å²) in [6.45, 7) is 2.88. The summed E-state index contributed by atoms with van der Waals surface area (Å²) < 4.78 is 4.69. The van der Waals surface area contributed by atoms with Crippen LogP contribution in [0.4, 0.5) is 0 Å². The number of hydrogen-bond donors (Lipinski definition) is 1. The van der Waals surface area contributed by atoms with Crippen molar-refractivity contribution in [2.45, 2.75) is 13.3 Å². The molecule has 16 heavy (non-hydrogen) atoms. The molecule has 1 aromatic carbocycles. The molecular formula is C12H12ClNO2. The van der Waals surface area contributed by atoms with E-state index in [0.717, 1.165) is 22.2 Å². The number of H-pyrrole nitrogens is 1. The first-order valence-corrected chi connectivity index (χ1v) is 5.42. The van der Waals surface area contributed by atoms with Crippen LogP contribution in [-0.2, 0) is 16.0 Å². The molecule has 1 heterocycles. The third kappa shape index (κ3) is 1.91. The number of para-hydroxylation sites is 1. The molecule has 0 saturated heterocycles. The Kier molecular flexibility index (Phi) is 3.15. The van der Waals surface area contributed by atoms with Gasteiger partial charge in [0.25, 0.3) is 6.47 Å². The average molecular weight is 238 g/mol. The number of nitrogens with one attached hydrogen (secondary N) is 1. The van der Waals surface area contributed by atoms with Crippen molar-refractivity contribution in [3.63, 3.8) is 0 Å². The maximum Gasteiger partial charge on any atom is 0.293 e. The first-order valence-electron chi connectivity index (χ1n) is 5.05. The predicted molar refractivity (Wildman–Crippen MR) is 63.8 cm³/mol. The number of carbonyl (C=O) groups is 1. The summed E-state index contributed by atoms with van der Waals surface area (Å²) in [4.78, 5) is 13.3. The first kappa shape index (κ1) is 11.0. The van der Waals surface area contributed by atoms with E-state index in [1.54, 1.807) is 0 Å². The van der Waals surface area contributed by atoms with E-state index in [2.05, 4.69) is 9.72 Å². The van der Waals surface area contributed by atoms with Crippen molar-refractivity contribution < 1.29 is 9.53 Å². The van der Waals surface area contributed by atoms with Gasteiger partial charge in [-0.2, -0.15) is 0 Å². The van der Waals surface area contributed by atoms with Gasteiger partial charge in [0.1, 0.15) is 0 Å². The van der Waals surface area contributed by atoms with Crippen molar-refractivity contribution in [3.8, 4) is 0 Å². The highest BCUT2D eigenvalue weighted by atomic mass is 35.5. The minimum Gasteiger partial charge on any atom is -0.467 e. The lowest BCUT2D eigenvalue weighted by atomic mass is 10.1. The average Bonchev–Trinajstić information content (AvgIpc) is 2.59. The number of aryl methyl sites for hydroxylation is 1. The van der Waals surface area contributed by atoms with Crippen LogP contribution in [0, 0.1) is 6.92 Å². The van der Waals surface area contributed by atoms with Gasteiger partial charge in [-0.3, -0.25) is 4.79 Å². The van der Waals surface area contributed by atoms with Crippen molar-refractivity contribution in [2.24, 2.45) is 0 Å². The lowest BCUT2D eigenvalue weighted by Crippen LogP contribution is -1.98. The second-order valence-electron chi connectivity index (χ2n) is 3.61. The number of fused-ring (bicyclic) bond motifs is 1. The minimum absolute atomic E-state index is 0.384. The topological polar surface area (TPSA) is 42.1 Å². The number of rotatable bonds is 4. The molecule has 0 aliphatic rings. The summed E-state index contributed by atoms with van der Waals surface area (Å²) in [5, 5.41) is 1.83. The number of carbonyl (C=O) groups excluding carboxylic acids is 1. The van der Waals surface area contributed by atoms with E-state index in [4.69, 9.17) is 11.6 Å². The van der Waals surface area contributed by atoms with Crippen LogP contribution in [0.1, 0.15) is 11.3 Å². The van der Waals surface area contributed by atoms with E-state index in [9.17, 15) is 4.79 Å². The maximum absolute atomic E-state index is 10.1. The molecule has 3 nitrogen and oxygen atoms in total. The van der Waals surface area contributed by atoms with Gasteiger partial charge in [0.15, 0.2) is 0 Å². The predicted octanol–water partition coefficient (Wildman–Crippen LogP) is 2.85. The molecule has 0 saturated carbocycles. The largest absolute Gasteiger partial charge is 0.467 e. The fourth-order valence-electron chi connectivity index (χ4n) is 1.83. The van der Waals surface area contributed by atoms with Crippen LogP contribution in [0.3, 0.4) is 0 Å². The normalized spacial score (nSPS) is 10.6. The van der Waals surface area contributed by atoms with Gasteiger partial charge < -0.3 is 9.72 Å². The second-order valence-corrected chi connectivity index (χ2v) is 4.02. The molecule has 4 heteroatoms. The van der Waals surface area contributed by atoms with Gasteiger partial charge >= 0.3 is 0 Å². The Bertz CT molecular complexity index is 519. The number of aromatic nitrogens is 1. The molecular weight excluding hydrogens is 226 g/mol. The molecule has 0 spiro atoms. The monoisotopic (exact) mass is 237 g/mol. The van der Waals surface area contributed by atoms with Gasteiger partial charge in [-0.1, -0.05) is 23.7 Å². The second kappa shape index (κ2) is 4.58. The zero-order valence-electron chi connectivity index (χ0n) is 8.92. The highest BCUT2D eigenvalue weighted by Crippen LogP contribution is 2.27. The van der Waals surface area contributed by atoms with E-state index in [0.29, 0.717) is 24.5 Å². The smallest absolute Gasteiger partial charge is 0.293 e. The van der Waals surface area contributed by atoms with Gasteiger partial charge in [0.05, 0.1) is 17.1 Å². The highest BCUT2D eigenvalue weighted by Gasteiger charge is 2.09. The quantitative estimate of drug-likeness (QED) is 0.656. The summed E-state index contributed by atoms with van der Waals surface area (Å²) in [6.07, 6.45) is 0.676. The molecule has 2 rings (SSSR count). The SMILES string of the molecule is Cc1c(CCOC=O)[nH]c2c(Cl)cccc12. The van der Waals surface area contributed by atoms with E-state index in [-0.39, 0.29) is 0 Å². The Morgan fingerprint density at radius 3 is 3.00 bits per heavy atom.